The van der Waals surface area contributed by atoms with Gasteiger partial charge in [-0.1, -0.05) is 6.58 Å². The van der Waals surface area contributed by atoms with Crippen LogP contribution in [-0.2, 0) is 4.79 Å². The third-order valence-electron chi connectivity index (χ3n) is 4.03. The number of primary amides is 1. The summed E-state index contributed by atoms with van der Waals surface area (Å²) in [4.78, 5) is 57.2. The lowest BCUT2D eigenvalue weighted by atomic mass is 10.2. The Labute approximate surface area is 140 Å². The lowest BCUT2D eigenvalue weighted by Gasteiger charge is -2.19. The van der Waals surface area contributed by atoms with Crippen molar-refractivity contribution in [3.8, 4) is 0 Å². The van der Waals surface area contributed by atoms with Crippen LogP contribution in [0, 0.1) is 0 Å². The van der Waals surface area contributed by atoms with E-state index in [-0.39, 0.29) is 28.5 Å². The number of rotatable bonds is 4. The summed E-state index contributed by atoms with van der Waals surface area (Å²) >= 11 is 0. The van der Waals surface area contributed by atoms with Crippen molar-refractivity contribution in [1.29, 1.82) is 0 Å². The number of amides is 2. The van der Waals surface area contributed by atoms with Gasteiger partial charge in [0, 0.05) is 25.3 Å². The van der Waals surface area contributed by atoms with Crippen LogP contribution in [0.4, 0.5) is 5.82 Å². The highest BCUT2D eigenvalue weighted by molar-refractivity contribution is 6.05. The number of fused-ring (bicyclic) bond motifs is 1. The van der Waals surface area contributed by atoms with E-state index in [9.17, 15) is 19.2 Å². The van der Waals surface area contributed by atoms with Crippen LogP contribution < -0.4 is 27.1 Å². The van der Waals surface area contributed by atoms with E-state index in [1.807, 2.05) is 4.90 Å². The maximum atomic E-state index is 11.7. The van der Waals surface area contributed by atoms with Crippen molar-refractivity contribution in [3.05, 3.63) is 45.1 Å². The van der Waals surface area contributed by atoms with Crippen molar-refractivity contribution in [3.63, 3.8) is 0 Å². The molecule has 1 saturated heterocycles. The van der Waals surface area contributed by atoms with E-state index in [1.165, 1.54) is 12.3 Å². The number of nitrogens with two attached hydrogens (primary N) is 1. The normalized spacial score (nSPS) is 16.8. The molecule has 0 saturated carbocycles. The van der Waals surface area contributed by atoms with Crippen LogP contribution in [-0.4, -0.2) is 45.9 Å². The summed E-state index contributed by atoms with van der Waals surface area (Å²) in [5, 5.41) is 2.80. The second-order valence-electron chi connectivity index (χ2n) is 5.66. The van der Waals surface area contributed by atoms with Gasteiger partial charge in [-0.3, -0.25) is 19.2 Å². The topological polar surface area (TPSA) is 154 Å². The number of aromatic amines is 2. The zero-order valence-corrected chi connectivity index (χ0v) is 13.2. The van der Waals surface area contributed by atoms with Gasteiger partial charge in [-0.15, -0.1) is 0 Å². The minimum Gasteiger partial charge on any atom is -0.365 e. The first-order valence-electron chi connectivity index (χ1n) is 7.53. The molecule has 1 unspecified atom stereocenters. The van der Waals surface area contributed by atoms with Crippen molar-refractivity contribution in [2.24, 2.45) is 5.73 Å². The summed E-state index contributed by atoms with van der Waals surface area (Å²) in [6.45, 7) is 4.44. The Morgan fingerprint density at radius 2 is 2.00 bits per heavy atom. The number of nitrogens with zero attached hydrogens (tertiary/aromatic N) is 2. The highest BCUT2D eigenvalue weighted by atomic mass is 16.2. The molecule has 1 aliphatic heterocycles. The Morgan fingerprint density at radius 1 is 1.32 bits per heavy atom. The van der Waals surface area contributed by atoms with E-state index >= 15 is 0 Å². The van der Waals surface area contributed by atoms with Gasteiger partial charge in [0.2, 0.25) is 5.91 Å². The number of hydrogen-bond acceptors (Lipinski definition) is 6. The molecule has 2 amide bonds. The van der Waals surface area contributed by atoms with E-state index in [1.54, 1.807) is 0 Å². The SMILES string of the molecule is C=CC(=O)NC1CCN(c2ncc(C(N)=O)c3[nH]c(=O)c(=O)[nH]c23)C1. The van der Waals surface area contributed by atoms with Gasteiger partial charge in [0.05, 0.1) is 11.1 Å². The molecule has 0 aliphatic carbocycles. The molecule has 1 atom stereocenters. The van der Waals surface area contributed by atoms with Crippen LogP contribution in [0.5, 0.6) is 0 Å². The Bertz CT molecular complexity index is 992. The van der Waals surface area contributed by atoms with Crippen LogP contribution in [0.2, 0.25) is 0 Å². The third kappa shape index (κ3) is 3.01. The van der Waals surface area contributed by atoms with E-state index in [0.717, 1.165) is 0 Å². The van der Waals surface area contributed by atoms with Crippen LogP contribution in [0.25, 0.3) is 11.0 Å². The summed E-state index contributed by atoms with van der Waals surface area (Å²) in [7, 11) is 0. The second-order valence-corrected chi connectivity index (χ2v) is 5.66. The minimum absolute atomic E-state index is 0.00260. The van der Waals surface area contributed by atoms with Crippen molar-refractivity contribution in [2.75, 3.05) is 18.0 Å². The van der Waals surface area contributed by atoms with Crippen LogP contribution in [0.3, 0.4) is 0 Å². The van der Waals surface area contributed by atoms with Gasteiger partial charge < -0.3 is 25.9 Å². The maximum absolute atomic E-state index is 11.7. The van der Waals surface area contributed by atoms with Gasteiger partial charge in [-0.05, 0) is 12.5 Å². The molecule has 10 heteroatoms. The van der Waals surface area contributed by atoms with Gasteiger partial charge in [-0.25, -0.2) is 4.98 Å². The Morgan fingerprint density at radius 3 is 2.64 bits per heavy atom. The molecule has 2 aromatic heterocycles. The first-order chi connectivity index (χ1) is 11.9. The fourth-order valence-electron chi connectivity index (χ4n) is 2.85. The molecule has 0 spiro atoms. The largest absolute Gasteiger partial charge is 0.365 e. The fraction of sp³-hybridized carbons (Fsp3) is 0.267. The number of pyridine rings is 1. The van der Waals surface area contributed by atoms with E-state index in [2.05, 4.69) is 26.8 Å². The molecular formula is C15H16N6O4. The minimum atomic E-state index is -0.885. The molecule has 1 fully saturated rings. The van der Waals surface area contributed by atoms with Crippen LogP contribution in [0.15, 0.2) is 28.4 Å². The summed E-state index contributed by atoms with van der Waals surface area (Å²) < 4.78 is 0. The number of nitrogens with one attached hydrogen (secondary N) is 3. The molecule has 3 heterocycles. The molecule has 25 heavy (non-hydrogen) atoms. The molecule has 0 radical (unpaired) electrons. The molecule has 0 bridgehead atoms. The lowest BCUT2D eigenvalue weighted by molar-refractivity contribution is -0.117. The summed E-state index contributed by atoms with van der Waals surface area (Å²) in [5.74, 6) is -0.653. The molecule has 10 nitrogen and oxygen atoms in total. The first-order valence-corrected chi connectivity index (χ1v) is 7.53. The Hall–Kier alpha value is -3.43. The number of H-pyrrole nitrogens is 2. The number of carbonyl (C=O) groups excluding carboxylic acids is 2. The standard InChI is InChI=1S/C15H16N6O4/c1-2-9(22)18-7-3-4-21(6-7)13-11-10(8(5-17-13)12(16)23)19-14(24)15(25)20-11/h2,5,7H,1,3-4,6H2,(H2,16,23)(H,18,22)(H,19,24)(H,20,25). The summed E-state index contributed by atoms with van der Waals surface area (Å²) in [6, 6.07) is -0.104. The van der Waals surface area contributed by atoms with Gasteiger partial charge in [0.25, 0.3) is 5.91 Å². The number of anilines is 1. The molecule has 5 N–H and O–H groups in total. The molecule has 1 aliphatic rings. The molecular weight excluding hydrogens is 328 g/mol. The Kier molecular flexibility index (Phi) is 4.09. The van der Waals surface area contributed by atoms with Gasteiger partial charge in [0.15, 0.2) is 5.82 Å². The molecule has 2 aromatic rings. The zero-order chi connectivity index (χ0) is 18.1. The van der Waals surface area contributed by atoms with Gasteiger partial charge in [-0.2, -0.15) is 0 Å². The predicted molar refractivity (Wildman–Crippen MR) is 90.5 cm³/mol. The van der Waals surface area contributed by atoms with Crippen molar-refractivity contribution < 1.29 is 9.59 Å². The van der Waals surface area contributed by atoms with Crippen LogP contribution in [0.1, 0.15) is 16.8 Å². The molecule has 130 valence electrons. The average molecular weight is 344 g/mol. The maximum Gasteiger partial charge on any atom is 0.314 e. The van der Waals surface area contributed by atoms with Crippen molar-refractivity contribution in [2.45, 2.75) is 12.5 Å². The fourth-order valence-corrected chi connectivity index (χ4v) is 2.85. The highest BCUT2D eigenvalue weighted by Gasteiger charge is 2.27. The third-order valence-corrected chi connectivity index (χ3v) is 4.03. The lowest BCUT2D eigenvalue weighted by Crippen LogP contribution is -2.36. The van der Waals surface area contributed by atoms with E-state index in [4.69, 9.17) is 5.73 Å². The summed E-state index contributed by atoms with van der Waals surface area (Å²) in [5.41, 5.74) is 3.91. The van der Waals surface area contributed by atoms with Crippen LogP contribution >= 0.6 is 0 Å². The van der Waals surface area contributed by atoms with Gasteiger partial charge in [0.1, 0.15) is 5.52 Å². The van der Waals surface area contributed by atoms with E-state index in [0.29, 0.717) is 25.3 Å². The van der Waals surface area contributed by atoms with Crippen molar-refractivity contribution >= 4 is 28.7 Å². The summed E-state index contributed by atoms with van der Waals surface area (Å²) in [6.07, 6.45) is 3.12. The Balaban J connectivity index is 2.04. The number of hydrogen-bond donors (Lipinski definition) is 4. The highest BCUT2D eigenvalue weighted by Crippen LogP contribution is 2.25. The predicted octanol–water partition coefficient (Wildman–Crippen LogP) is -1.41. The monoisotopic (exact) mass is 344 g/mol. The number of carbonyl (C=O) groups is 2. The smallest absolute Gasteiger partial charge is 0.314 e. The first kappa shape index (κ1) is 16.4. The quantitative estimate of drug-likeness (QED) is 0.395. The number of aromatic nitrogens is 3. The van der Waals surface area contributed by atoms with Crippen molar-refractivity contribution in [1.82, 2.24) is 20.3 Å². The van der Waals surface area contributed by atoms with Gasteiger partial charge >= 0.3 is 11.1 Å². The zero-order valence-electron chi connectivity index (χ0n) is 13.2. The van der Waals surface area contributed by atoms with E-state index < -0.39 is 17.0 Å². The molecule has 3 rings (SSSR count). The second kappa shape index (κ2) is 6.23. The molecule has 0 aromatic carbocycles. The average Bonchev–Trinajstić information content (AvgIpc) is 3.02.